The molecule has 0 aliphatic rings. The molecule has 1 atom stereocenters. The molecule has 0 fully saturated rings. The topological polar surface area (TPSA) is 89.7 Å². The van der Waals surface area contributed by atoms with Gasteiger partial charge in [-0.2, -0.15) is 0 Å². The third kappa shape index (κ3) is 4.03. The quantitative estimate of drug-likeness (QED) is 0.515. The third-order valence-corrected chi connectivity index (χ3v) is 4.84. The van der Waals surface area contributed by atoms with Crippen LogP contribution in [0.3, 0.4) is 0 Å². The number of ether oxygens (including phenoxy) is 1. The highest BCUT2D eigenvalue weighted by Gasteiger charge is 2.28. The Kier molecular flexibility index (Phi) is 5.84. The maximum absolute atomic E-state index is 11.8. The molecule has 0 radical (unpaired) electrons. The second-order valence-electron chi connectivity index (χ2n) is 3.24. The van der Waals surface area contributed by atoms with Gasteiger partial charge < -0.3 is 10.5 Å². The van der Waals surface area contributed by atoms with E-state index in [1.54, 1.807) is 0 Å². The summed E-state index contributed by atoms with van der Waals surface area (Å²) >= 11 is 4.62. The van der Waals surface area contributed by atoms with Crippen LogP contribution in [-0.4, -0.2) is 49.6 Å². The number of nitrogens with two attached hydrogens (primary N) is 1. The molecule has 6 nitrogen and oxygen atoms in total. The Morgan fingerprint density at radius 2 is 2.06 bits per heavy atom. The van der Waals surface area contributed by atoms with Crippen molar-refractivity contribution in [2.45, 2.75) is 18.6 Å². The molecule has 0 aromatic heterocycles. The van der Waals surface area contributed by atoms with E-state index in [-0.39, 0.29) is 18.0 Å². The summed E-state index contributed by atoms with van der Waals surface area (Å²) in [7, 11) is -0.970. The number of methoxy groups -OCH3 is 1. The molecule has 0 aliphatic carbocycles. The van der Waals surface area contributed by atoms with Crippen LogP contribution in [0.25, 0.3) is 0 Å². The van der Waals surface area contributed by atoms with Gasteiger partial charge in [0.15, 0.2) is 0 Å². The van der Waals surface area contributed by atoms with Crippen LogP contribution in [0.15, 0.2) is 0 Å². The van der Waals surface area contributed by atoms with Crippen LogP contribution in [0.4, 0.5) is 0 Å². The summed E-state index contributed by atoms with van der Waals surface area (Å²) in [5, 5.41) is -0.940. The number of hydrogen-bond donors (Lipinski definition) is 1. The van der Waals surface area contributed by atoms with E-state index in [1.807, 2.05) is 0 Å². The summed E-state index contributed by atoms with van der Waals surface area (Å²) in [6.45, 7) is 1.45. The lowest BCUT2D eigenvalue weighted by molar-refractivity contribution is -0.140. The zero-order chi connectivity index (χ0) is 12.9. The summed E-state index contributed by atoms with van der Waals surface area (Å²) in [4.78, 5) is 10.8. The normalized spacial score (nSPS) is 13.5. The first-order chi connectivity index (χ1) is 7.23. The summed E-state index contributed by atoms with van der Waals surface area (Å²) in [6, 6.07) is 0. The van der Waals surface area contributed by atoms with Crippen molar-refractivity contribution < 1.29 is 17.9 Å². The van der Waals surface area contributed by atoms with Gasteiger partial charge in [-0.25, -0.2) is 12.7 Å². The maximum Gasteiger partial charge on any atom is 0.306 e. The van der Waals surface area contributed by atoms with Crippen molar-refractivity contribution in [1.29, 1.82) is 0 Å². The Hall–Kier alpha value is -0.730. The molecule has 0 amide bonds. The summed E-state index contributed by atoms with van der Waals surface area (Å²) in [5.41, 5.74) is 5.28. The SMILES string of the molecule is COC(=O)CCN(C)S(=O)(=O)C(C)C(N)=S. The van der Waals surface area contributed by atoms with Crippen LogP contribution >= 0.6 is 12.2 Å². The van der Waals surface area contributed by atoms with Crippen LogP contribution in [0.2, 0.25) is 0 Å². The molecule has 0 saturated carbocycles. The zero-order valence-corrected chi connectivity index (χ0v) is 11.1. The lowest BCUT2D eigenvalue weighted by atomic mass is 10.4. The first kappa shape index (κ1) is 15.3. The smallest absolute Gasteiger partial charge is 0.306 e. The minimum atomic E-state index is -3.58. The first-order valence-corrected chi connectivity index (χ1v) is 6.46. The number of nitrogens with zero attached hydrogens (tertiary/aromatic N) is 1. The molecular formula is C8H16N2O4S2. The highest BCUT2D eigenvalue weighted by atomic mass is 32.2. The number of rotatable bonds is 6. The molecule has 1 unspecified atom stereocenters. The second kappa shape index (κ2) is 6.12. The van der Waals surface area contributed by atoms with Gasteiger partial charge in [-0.15, -0.1) is 0 Å². The van der Waals surface area contributed by atoms with Gasteiger partial charge in [-0.1, -0.05) is 12.2 Å². The Labute approximate surface area is 101 Å². The monoisotopic (exact) mass is 268 g/mol. The Morgan fingerprint density at radius 3 is 2.44 bits per heavy atom. The van der Waals surface area contributed by atoms with Crippen molar-refractivity contribution in [3.63, 3.8) is 0 Å². The summed E-state index contributed by atoms with van der Waals surface area (Å²) in [5.74, 6) is -0.468. The average molecular weight is 268 g/mol. The zero-order valence-electron chi connectivity index (χ0n) is 9.47. The standard InChI is InChI=1S/C8H16N2O4S2/c1-6(8(9)15)16(12,13)10(2)5-4-7(11)14-3/h6H,4-5H2,1-3H3,(H2,9,15). The molecule has 0 spiro atoms. The van der Waals surface area contributed by atoms with Crippen LogP contribution in [0.1, 0.15) is 13.3 Å². The van der Waals surface area contributed by atoms with Crippen molar-refractivity contribution >= 4 is 33.2 Å². The highest BCUT2D eigenvalue weighted by molar-refractivity contribution is 7.92. The Morgan fingerprint density at radius 1 is 1.56 bits per heavy atom. The van der Waals surface area contributed by atoms with E-state index in [0.29, 0.717) is 0 Å². The van der Waals surface area contributed by atoms with Crippen LogP contribution < -0.4 is 5.73 Å². The van der Waals surface area contributed by atoms with E-state index in [9.17, 15) is 13.2 Å². The first-order valence-electron chi connectivity index (χ1n) is 4.54. The predicted molar refractivity (Wildman–Crippen MR) is 64.4 cm³/mol. The van der Waals surface area contributed by atoms with Crippen molar-refractivity contribution in [3.8, 4) is 0 Å². The second-order valence-corrected chi connectivity index (χ2v) is 6.07. The van der Waals surface area contributed by atoms with Crippen molar-refractivity contribution in [2.24, 2.45) is 5.73 Å². The van der Waals surface area contributed by atoms with E-state index < -0.39 is 21.2 Å². The number of carbonyl (C=O) groups excluding carboxylic acids is 1. The fraction of sp³-hybridized carbons (Fsp3) is 0.750. The number of carbonyl (C=O) groups is 1. The lowest BCUT2D eigenvalue weighted by Gasteiger charge is -2.20. The lowest BCUT2D eigenvalue weighted by Crippen LogP contribution is -2.41. The van der Waals surface area contributed by atoms with E-state index in [0.717, 1.165) is 4.31 Å². The number of hydrogen-bond acceptors (Lipinski definition) is 5. The molecule has 0 rings (SSSR count). The molecule has 0 saturated heterocycles. The maximum atomic E-state index is 11.8. The van der Waals surface area contributed by atoms with E-state index in [1.165, 1.54) is 21.1 Å². The van der Waals surface area contributed by atoms with E-state index in [2.05, 4.69) is 17.0 Å². The molecule has 0 bridgehead atoms. The van der Waals surface area contributed by atoms with Gasteiger partial charge >= 0.3 is 5.97 Å². The fourth-order valence-corrected chi connectivity index (χ4v) is 2.44. The van der Waals surface area contributed by atoms with Crippen molar-refractivity contribution in [2.75, 3.05) is 20.7 Å². The minimum absolute atomic E-state index is 0.00369. The van der Waals surface area contributed by atoms with Gasteiger partial charge in [0, 0.05) is 13.6 Å². The van der Waals surface area contributed by atoms with Gasteiger partial charge in [0.05, 0.1) is 18.5 Å². The minimum Gasteiger partial charge on any atom is -0.469 e. The molecular weight excluding hydrogens is 252 g/mol. The molecule has 16 heavy (non-hydrogen) atoms. The largest absolute Gasteiger partial charge is 0.469 e. The van der Waals surface area contributed by atoms with Crippen LogP contribution in [-0.2, 0) is 19.6 Å². The molecule has 0 aromatic rings. The fourth-order valence-electron chi connectivity index (χ4n) is 0.895. The molecule has 0 heterocycles. The van der Waals surface area contributed by atoms with E-state index in [4.69, 9.17) is 5.73 Å². The number of thiocarbonyl (C=S) groups is 1. The van der Waals surface area contributed by atoms with Crippen molar-refractivity contribution in [1.82, 2.24) is 4.31 Å². The van der Waals surface area contributed by atoms with Gasteiger partial charge in [-0.05, 0) is 6.92 Å². The Balaban J connectivity index is 4.54. The molecule has 94 valence electrons. The van der Waals surface area contributed by atoms with Gasteiger partial charge in [-0.3, -0.25) is 4.79 Å². The predicted octanol–water partition coefficient (Wildman–Crippen LogP) is -0.514. The summed E-state index contributed by atoms with van der Waals surface area (Å²) in [6.07, 6.45) is -0.00369. The Bertz CT molecular complexity index is 366. The molecule has 2 N–H and O–H groups in total. The average Bonchev–Trinajstić information content (AvgIpc) is 2.23. The molecule has 0 aromatic carbocycles. The van der Waals surface area contributed by atoms with Crippen molar-refractivity contribution in [3.05, 3.63) is 0 Å². The summed E-state index contributed by atoms with van der Waals surface area (Å²) < 4.78 is 29.0. The van der Waals surface area contributed by atoms with Crippen LogP contribution in [0, 0.1) is 0 Å². The molecule has 0 aliphatic heterocycles. The number of sulfonamides is 1. The van der Waals surface area contributed by atoms with Gasteiger partial charge in [0.2, 0.25) is 10.0 Å². The van der Waals surface area contributed by atoms with Crippen LogP contribution in [0.5, 0.6) is 0 Å². The van der Waals surface area contributed by atoms with E-state index >= 15 is 0 Å². The third-order valence-electron chi connectivity index (χ3n) is 2.14. The van der Waals surface area contributed by atoms with Gasteiger partial charge in [0.25, 0.3) is 0 Å². The van der Waals surface area contributed by atoms with Gasteiger partial charge in [0.1, 0.15) is 5.25 Å². The highest BCUT2D eigenvalue weighted by Crippen LogP contribution is 2.08. The molecule has 8 heteroatoms. The number of esters is 1.